The molecule has 0 fully saturated rings. The second-order valence-electron chi connectivity index (χ2n) is 6.10. The number of anilines is 1. The van der Waals surface area contributed by atoms with Gasteiger partial charge < -0.3 is 19.8 Å². The number of benzene rings is 2. The van der Waals surface area contributed by atoms with Crippen LogP contribution in [-0.4, -0.2) is 35.1 Å². The second-order valence-corrected chi connectivity index (χ2v) is 6.10. The normalized spacial score (nSPS) is 10.3. The Morgan fingerprint density at radius 3 is 2.50 bits per heavy atom. The number of rotatable bonds is 6. The number of nitrogens with one attached hydrogen (secondary N) is 2. The van der Waals surface area contributed by atoms with E-state index in [9.17, 15) is 19.2 Å². The van der Waals surface area contributed by atoms with E-state index in [1.165, 1.54) is 37.4 Å². The predicted octanol–water partition coefficient (Wildman–Crippen LogP) is 1.96. The van der Waals surface area contributed by atoms with Crippen LogP contribution in [0.4, 0.5) is 5.69 Å². The fourth-order valence-electron chi connectivity index (χ4n) is 2.72. The Morgan fingerprint density at radius 2 is 1.83 bits per heavy atom. The van der Waals surface area contributed by atoms with Crippen LogP contribution in [-0.2, 0) is 4.74 Å². The molecule has 0 aliphatic rings. The maximum Gasteiger partial charge on any atom is 0.338 e. The topological polar surface area (TPSA) is 119 Å². The molecular weight excluding hydrogens is 390 g/mol. The number of carbonyl (C=O) groups is 2. The van der Waals surface area contributed by atoms with Crippen molar-refractivity contribution in [2.24, 2.45) is 0 Å². The van der Waals surface area contributed by atoms with E-state index in [1.807, 2.05) is 0 Å². The van der Waals surface area contributed by atoms with Crippen LogP contribution in [0.2, 0.25) is 0 Å². The van der Waals surface area contributed by atoms with Gasteiger partial charge in [-0.2, -0.15) is 0 Å². The van der Waals surface area contributed by atoms with Crippen molar-refractivity contribution in [3.05, 3.63) is 86.7 Å². The molecule has 0 saturated carbocycles. The first-order chi connectivity index (χ1) is 14.4. The molecule has 30 heavy (non-hydrogen) atoms. The van der Waals surface area contributed by atoms with Crippen LogP contribution in [0.1, 0.15) is 27.6 Å². The van der Waals surface area contributed by atoms with Crippen molar-refractivity contribution >= 4 is 17.6 Å². The van der Waals surface area contributed by atoms with Gasteiger partial charge in [0.25, 0.3) is 11.5 Å². The van der Waals surface area contributed by atoms with Gasteiger partial charge in [0, 0.05) is 18.0 Å². The van der Waals surface area contributed by atoms with Crippen molar-refractivity contribution in [2.75, 3.05) is 19.0 Å². The van der Waals surface area contributed by atoms with Crippen molar-refractivity contribution in [1.82, 2.24) is 9.55 Å². The highest BCUT2D eigenvalue weighted by Gasteiger charge is 2.17. The Morgan fingerprint density at radius 1 is 1.10 bits per heavy atom. The summed E-state index contributed by atoms with van der Waals surface area (Å²) >= 11 is 0. The van der Waals surface area contributed by atoms with E-state index in [2.05, 4.69) is 10.3 Å². The number of methoxy groups -OCH3 is 1. The van der Waals surface area contributed by atoms with Crippen LogP contribution in [0.15, 0.2) is 64.3 Å². The van der Waals surface area contributed by atoms with E-state index in [0.717, 1.165) is 10.8 Å². The summed E-state index contributed by atoms with van der Waals surface area (Å²) in [6.07, 6.45) is 1.06. The van der Waals surface area contributed by atoms with Gasteiger partial charge in [0.05, 0.1) is 25.0 Å². The number of hydrogen-bond acceptors (Lipinski definition) is 6. The van der Waals surface area contributed by atoms with Gasteiger partial charge >= 0.3 is 11.7 Å². The van der Waals surface area contributed by atoms with Crippen LogP contribution in [0.3, 0.4) is 0 Å². The highest BCUT2D eigenvalue weighted by Crippen LogP contribution is 2.14. The lowest BCUT2D eigenvalue weighted by molar-refractivity contribution is 0.0526. The molecule has 0 spiro atoms. The number of carbonyl (C=O) groups excluding carboxylic acids is 2. The Bertz CT molecular complexity index is 1190. The molecule has 0 aliphatic carbocycles. The lowest BCUT2D eigenvalue weighted by atomic mass is 10.2. The van der Waals surface area contributed by atoms with E-state index in [-0.39, 0.29) is 17.9 Å². The molecule has 3 rings (SSSR count). The minimum absolute atomic E-state index is 0.253. The molecule has 2 aromatic carbocycles. The Labute approximate surface area is 170 Å². The van der Waals surface area contributed by atoms with Crippen molar-refractivity contribution in [3.8, 4) is 11.4 Å². The summed E-state index contributed by atoms with van der Waals surface area (Å²) in [4.78, 5) is 51.7. The third kappa shape index (κ3) is 4.30. The van der Waals surface area contributed by atoms with E-state index in [1.54, 1.807) is 25.1 Å². The molecule has 0 saturated heterocycles. The summed E-state index contributed by atoms with van der Waals surface area (Å²) in [7, 11) is 1.46. The van der Waals surface area contributed by atoms with Gasteiger partial charge in [-0.3, -0.25) is 9.59 Å². The van der Waals surface area contributed by atoms with Gasteiger partial charge in [-0.1, -0.05) is 6.07 Å². The fraction of sp³-hybridized carbons (Fsp3) is 0.143. The molecule has 1 amide bonds. The molecule has 0 bridgehead atoms. The zero-order chi connectivity index (χ0) is 21.7. The number of hydrogen-bond donors (Lipinski definition) is 2. The first-order valence-corrected chi connectivity index (χ1v) is 9.02. The summed E-state index contributed by atoms with van der Waals surface area (Å²) in [5.74, 6) is -0.732. The molecule has 0 unspecified atom stereocenters. The van der Waals surface area contributed by atoms with Crippen molar-refractivity contribution in [2.45, 2.75) is 6.92 Å². The van der Waals surface area contributed by atoms with Gasteiger partial charge in [0.1, 0.15) is 11.3 Å². The smallest absolute Gasteiger partial charge is 0.338 e. The van der Waals surface area contributed by atoms with Crippen LogP contribution < -0.4 is 21.3 Å². The highest BCUT2D eigenvalue weighted by molar-refractivity contribution is 6.04. The summed E-state index contributed by atoms with van der Waals surface area (Å²) < 4.78 is 10.9. The lowest BCUT2D eigenvalue weighted by Crippen LogP contribution is -2.38. The van der Waals surface area contributed by atoms with Gasteiger partial charge in [-0.05, 0) is 43.3 Å². The first-order valence-electron chi connectivity index (χ1n) is 9.02. The number of aromatic nitrogens is 2. The van der Waals surface area contributed by atoms with Gasteiger partial charge in [-0.25, -0.2) is 14.2 Å². The maximum absolute atomic E-state index is 12.8. The summed E-state index contributed by atoms with van der Waals surface area (Å²) in [5.41, 5.74) is -0.775. The number of H-pyrrole nitrogens is 1. The van der Waals surface area contributed by atoms with E-state index >= 15 is 0 Å². The molecule has 0 atom stereocenters. The molecule has 3 aromatic rings. The van der Waals surface area contributed by atoms with Gasteiger partial charge in [-0.15, -0.1) is 0 Å². The average molecular weight is 409 g/mol. The maximum atomic E-state index is 12.8. The summed E-state index contributed by atoms with van der Waals surface area (Å²) in [5, 5.41) is 2.57. The SMILES string of the molecule is CCOC(=O)c1ccc(NC(=O)c2c[nH]c(=O)n(-c3cccc(OC)c3)c2=O)cc1. The highest BCUT2D eigenvalue weighted by atomic mass is 16.5. The van der Waals surface area contributed by atoms with Crippen molar-refractivity contribution in [1.29, 1.82) is 0 Å². The molecular formula is C21H19N3O6. The van der Waals surface area contributed by atoms with Gasteiger partial charge in [0.2, 0.25) is 0 Å². The molecule has 1 heterocycles. The largest absolute Gasteiger partial charge is 0.497 e. The Hall–Kier alpha value is -4.14. The number of nitrogens with zero attached hydrogens (tertiary/aromatic N) is 1. The van der Waals surface area contributed by atoms with Crippen molar-refractivity contribution < 1.29 is 19.1 Å². The van der Waals surface area contributed by atoms with E-state index < -0.39 is 23.1 Å². The molecule has 0 aliphatic heterocycles. The standard InChI is InChI=1S/C21H19N3O6/c1-3-30-20(27)13-7-9-14(10-8-13)23-18(25)17-12-22-21(28)24(19(17)26)15-5-4-6-16(11-15)29-2/h4-12H,3H2,1-2H3,(H,22,28)(H,23,25). The monoisotopic (exact) mass is 409 g/mol. The third-order valence-electron chi connectivity index (χ3n) is 4.19. The molecule has 154 valence electrons. The van der Waals surface area contributed by atoms with E-state index in [0.29, 0.717) is 17.0 Å². The van der Waals surface area contributed by atoms with Gasteiger partial charge in [0.15, 0.2) is 0 Å². The summed E-state index contributed by atoms with van der Waals surface area (Å²) in [6, 6.07) is 12.4. The zero-order valence-corrected chi connectivity index (χ0v) is 16.3. The molecule has 0 radical (unpaired) electrons. The first kappa shape index (κ1) is 20.6. The van der Waals surface area contributed by atoms with E-state index in [4.69, 9.17) is 9.47 Å². The molecule has 2 N–H and O–H groups in total. The molecule has 9 nitrogen and oxygen atoms in total. The number of aromatic amines is 1. The third-order valence-corrected chi connectivity index (χ3v) is 4.19. The minimum atomic E-state index is -0.785. The Kier molecular flexibility index (Phi) is 6.11. The Balaban J connectivity index is 1.89. The van der Waals surface area contributed by atoms with Crippen LogP contribution in [0.25, 0.3) is 5.69 Å². The lowest BCUT2D eigenvalue weighted by Gasteiger charge is -2.09. The van der Waals surface area contributed by atoms with Crippen LogP contribution in [0.5, 0.6) is 5.75 Å². The number of amides is 1. The molecule has 1 aromatic heterocycles. The minimum Gasteiger partial charge on any atom is -0.497 e. The fourth-order valence-corrected chi connectivity index (χ4v) is 2.72. The van der Waals surface area contributed by atoms with Crippen LogP contribution in [0, 0.1) is 0 Å². The average Bonchev–Trinajstić information content (AvgIpc) is 2.74. The number of ether oxygens (including phenoxy) is 2. The number of esters is 1. The zero-order valence-electron chi connectivity index (χ0n) is 16.3. The van der Waals surface area contributed by atoms with Crippen LogP contribution >= 0.6 is 0 Å². The quantitative estimate of drug-likeness (QED) is 0.601. The van der Waals surface area contributed by atoms with Crippen molar-refractivity contribution in [3.63, 3.8) is 0 Å². The molecule has 9 heteroatoms. The second kappa shape index (κ2) is 8.91. The summed E-state index contributed by atoms with van der Waals surface area (Å²) in [6.45, 7) is 1.96. The predicted molar refractivity (Wildman–Crippen MR) is 110 cm³/mol.